The Kier molecular flexibility index (Phi) is 4.46. The molecule has 2 aromatic carbocycles. The van der Waals surface area contributed by atoms with Crippen molar-refractivity contribution in [2.45, 2.75) is 25.4 Å². The molecule has 0 unspecified atom stereocenters. The lowest BCUT2D eigenvalue weighted by molar-refractivity contribution is -0.134. The second-order valence-electron chi connectivity index (χ2n) is 7.70. The van der Waals surface area contributed by atoms with Gasteiger partial charge in [0.1, 0.15) is 5.82 Å². The van der Waals surface area contributed by atoms with Gasteiger partial charge in [0, 0.05) is 31.9 Å². The Morgan fingerprint density at radius 2 is 1.97 bits per heavy atom. The molecule has 1 amide bonds. The summed E-state index contributed by atoms with van der Waals surface area (Å²) in [5.74, 6) is 2.88. The molecule has 1 saturated carbocycles. The molecule has 0 bridgehead atoms. The van der Waals surface area contributed by atoms with E-state index in [-0.39, 0.29) is 18.6 Å². The smallest absolute Gasteiger partial charge is 0.231 e. The monoisotopic (exact) mass is 389 g/mol. The summed E-state index contributed by atoms with van der Waals surface area (Å²) < 4.78 is 12.9. The Morgan fingerprint density at radius 1 is 1.14 bits per heavy atom. The highest BCUT2D eigenvalue weighted by Crippen LogP contribution is 2.48. The van der Waals surface area contributed by atoms with Gasteiger partial charge >= 0.3 is 0 Å². The third kappa shape index (κ3) is 3.58. The van der Waals surface area contributed by atoms with Crippen molar-refractivity contribution in [2.75, 3.05) is 6.79 Å². The second kappa shape index (κ2) is 7.28. The maximum Gasteiger partial charge on any atom is 0.231 e. The number of carbonyl (C=O) groups excluding carboxylic acids is 1. The summed E-state index contributed by atoms with van der Waals surface area (Å²) in [6.07, 6.45) is 4.58. The molecule has 0 spiro atoms. The van der Waals surface area contributed by atoms with Crippen molar-refractivity contribution in [1.29, 1.82) is 0 Å². The number of hydrogen-bond donors (Lipinski definition) is 0. The van der Waals surface area contributed by atoms with Crippen LogP contribution < -0.4 is 9.47 Å². The van der Waals surface area contributed by atoms with Crippen molar-refractivity contribution in [2.24, 2.45) is 13.0 Å². The van der Waals surface area contributed by atoms with E-state index < -0.39 is 0 Å². The maximum atomic E-state index is 13.4. The van der Waals surface area contributed by atoms with Crippen molar-refractivity contribution in [3.8, 4) is 11.5 Å². The maximum absolute atomic E-state index is 13.4. The van der Waals surface area contributed by atoms with Crippen LogP contribution in [0.3, 0.4) is 0 Å². The quantitative estimate of drug-likeness (QED) is 0.648. The van der Waals surface area contributed by atoms with Gasteiger partial charge in [-0.05, 0) is 35.6 Å². The van der Waals surface area contributed by atoms with Crippen LogP contribution in [0.4, 0.5) is 0 Å². The molecule has 6 heteroatoms. The van der Waals surface area contributed by atoms with E-state index in [0.717, 1.165) is 29.3 Å². The standard InChI is InChI=1S/C23H23N3O3/c1-25-10-9-24-22(25)14-26(13-16-7-8-20-21(11-16)29-15-28-20)23(27)19-12-18(19)17-5-3-2-4-6-17/h2-11,18-19H,12-15H2,1H3/t18-,19+/m0/s1. The summed E-state index contributed by atoms with van der Waals surface area (Å²) in [4.78, 5) is 19.7. The van der Waals surface area contributed by atoms with Crippen LogP contribution in [0.2, 0.25) is 0 Å². The topological polar surface area (TPSA) is 56.6 Å². The molecule has 1 aliphatic heterocycles. The van der Waals surface area contributed by atoms with E-state index in [1.54, 1.807) is 6.20 Å². The van der Waals surface area contributed by atoms with Gasteiger partial charge in [0.05, 0.1) is 6.54 Å². The van der Waals surface area contributed by atoms with Crippen LogP contribution in [0.5, 0.6) is 11.5 Å². The number of fused-ring (bicyclic) bond motifs is 1. The largest absolute Gasteiger partial charge is 0.454 e. The summed E-state index contributed by atoms with van der Waals surface area (Å²) in [5, 5.41) is 0. The van der Waals surface area contributed by atoms with Crippen molar-refractivity contribution in [1.82, 2.24) is 14.5 Å². The third-order valence-electron chi connectivity index (χ3n) is 5.71. The van der Waals surface area contributed by atoms with E-state index in [9.17, 15) is 4.79 Å². The highest BCUT2D eigenvalue weighted by Gasteiger charge is 2.45. The lowest BCUT2D eigenvalue weighted by Gasteiger charge is -2.23. The molecule has 0 saturated heterocycles. The number of benzene rings is 2. The summed E-state index contributed by atoms with van der Waals surface area (Å²) in [7, 11) is 1.95. The number of aromatic nitrogens is 2. The van der Waals surface area contributed by atoms with Gasteiger partial charge in [0.25, 0.3) is 0 Å². The molecular weight excluding hydrogens is 366 g/mol. The predicted octanol–water partition coefficient (Wildman–Crippen LogP) is 3.48. The van der Waals surface area contributed by atoms with Gasteiger partial charge in [0.2, 0.25) is 12.7 Å². The van der Waals surface area contributed by atoms with Gasteiger partial charge in [0.15, 0.2) is 11.5 Å². The second-order valence-corrected chi connectivity index (χ2v) is 7.70. The number of imidazole rings is 1. The first-order valence-electron chi connectivity index (χ1n) is 9.87. The molecular formula is C23H23N3O3. The van der Waals surface area contributed by atoms with Gasteiger partial charge in [-0.1, -0.05) is 36.4 Å². The minimum Gasteiger partial charge on any atom is -0.454 e. The normalized spacial score (nSPS) is 19.2. The van der Waals surface area contributed by atoms with Crippen LogP contribution in [0.25, 0.3) is 0 Å². The zero-order chi connectivity index (χ0) is 19.8. The molecule has 148 valence electrons. The molecule has 5 rings (SSSR count). The Bertz CT molecular complexity index is 1030. The Morgan fingerprint density at radius 3 is 2.76 bits per heavy atom. The van der Waals surface area contributed by atoms with Crippen LogP contribution >= 0.6 is 0 Å². The zero-order valence-corrected chi connectivity index (χ0v) is 16.3. The van der Waals surface area contributed by atoms with Crippen LogP contribution in [-0.2, 0) is 24.9 Å². The first-order valence-corrected chi connectivity index (χ1v) is 9.87. The Hall–Kier alpha value is -3.28. The minimum atomic E-state index is 0.0340. The molecule has 1 aliphatic carbocycles. The van der Waals surface area contributed by atoms with Gasteiger partial charge in [-0.3, -0.25) is 4.79 Å². The number of nitrogens with zero attached hydrogens (tertiary/aromatic N) is 3. The van der Waals surface area contributed by atoms with Crippen molar-refractivity contribution < 1.29 is 14.3 Å². The fourth-order valence-electron chi connectivity index (χ4n) is 3.96. The summed E-state index contributed by atoms with van der Waals surface area (Å²) in [5.41, 5.74) is 2.26. The zero-order valence-electron chi connectivity index (χ0n) is 16.3. The highest BCUT2D eigenvalue weighted by atomic mass is 16.7. The fourth-order valence-corrected chi connectivity index (χ4v) is 3.96. The SMILES string of the molecule is Cn1ccnc1CN(Cc1ccc2c(c1)OCO2)C(=O)[C@@H]1C[C@H]1c1ccccc1. The molecule has 6 nitrogen and oxygen atoms in total. The third-order valence-corrected chi connectivity index (χ3v) is 5.71. The van der Waals surface area contributed by atoms with Gasteiger partial charge in [-0.25, -0.2) is 4.98 Å². The minimum absolute atomic E-state index is 0.0340. The Balaban J connectivity index is 1.37. The summed E-state index contributed by atoms with van der Waals surface area (Å²) in [6.45, 7) is 1.24. The van der Waals surface area contributed by atoms with Gasteiger partial charge in [-0.15, -0.1) is 0 Å². The lowest BCUT2D eigenvalue weighted by Crippen LogP contribution is -2.32. The number of amides is 1. The highest BCUT2D eigenvalue weighted by molar-refractivity contribution is 5.83. The van der Waals surface area contributed by atoms with E-state index in [2.05, 4.69) is 17.1 Å². The summed E-state index contributed by atoms with van der Waals surface area (Å²) >= 11 is 0. The number of aryl methyl sites for hydroxylation is 1. The number of hydrogen-bond acceptors (Lipinski definition) is 4. The Labute approximate surface area is 169 Å². The average molecular weight is 389 g/mol. The van der Waals surface area contributed by atoms with Crippen LogP contribution in [0.1, 0.15) is 29.3 Å². The van der Waals surface area contributed by atoms with Crippen LogP contribution in [-0.4, -0.2) is 27.2 Å². The molecule has 2 heterocycles. The van der Waals surface area contributed by atoms with E-state index in [4.69, 9.17) is 9.47 Å². The molecule has 2 aliphatic rings. The predicted molar refractivity (Wildman–Crippen MR) is 107 cm³/mol. The number of rotatable bonds is 6. The molecule has 0 radical (unpaired) electrons. The van der Waals surface area contributed by atoms with Crippen LogP contribution in [0, 0.1) is 5.92 Å². The fraction of sp³-hybridized carbons (Fsp3) is 0.304. The molecule has 0 N–H and O–H groups in total. The van der Waals surface area contributed by atoms with Gasteiger partial charge in [-0.2, -0.15) is 0 Å². The lowest BCUT2D eigenvalue weighted by atomic mass is 10.1. The first kappa shape index (κ1) is 17.8. The average Bonchev–Trinajstić information content (AvgIpc) is 3.24. The van der Waals surface area contributed by atoms with E-state index in [0.29, 0.717) is 19.0 Å². The number of ether oxygens (including phenoxy) is 2. The molecule has 3 aromatic rings. The van der Waals surface area contributed by atoms with Crippen molar-refractivity contribution in [3.05, 3.63) is 77.9 Å². The number of carbonyl (C=O) groups is 1. The van der Waals surface area contributed by atoms with Crippen LogP contribution in [0.15, 0.2) is 60.9 Å². The van der Waals surface area contributed by atoms with E-state index in [1.165, 1.54) is 5.56 Å². The molecule has 1 fully saturated rings. The van der Waals surface area contributed by atoms with E-state index in [1.807, 2.05) is 59.1 Å². The molecule has 2 atom stereocenters. The summed E-state index contributed by atoms with van der Waals surface area (Å²) in [6, 6.07) is 16.2. The molecule has 29 heavy (non-hydrogen) atoms. The molecule has 1 aromatic heterocycles. The van der Waals surface area contributed by atoms with Crippen molar-refractivity contribution >= 4 is 5.91 Å². The van der Waals surface area contributed by atoms with E-state index >= 15 is 0 Å². The first-order chi connectivity index (χ1) is 14.2. The van der Waals surface area contributed by atoms with Crippen molar-refractivity contribution in [3.63, 3.8) is 0 Å². The van der Waals surface area contributed by atoms with Gasteiger partial charge < -0.3 is 18.9 Å².